The van der Waals surface area contributed by atoms with Crippen LogP contribution in [0.3, 0.4) is 0 Å². The van der Waals surface area contributed by atoms with Gasteiger partial charge in [-0.3, -0.25) is 4.31 Å². The molecule has 1 heterocycles. The summed E-state index contributed by atoms with van der Waals surface area (Å²) in [5.41, 5.74) is 0.311. The largest absolute Gasteiger partial charge is 0.497 e. The van der Waals surface area contributed by atoms with E-state index in [1.165, 1.54) is 37.5 Å². The molecule has 0 saturated heterocycles. The van der Waals surface area contributed by atoms with E-state index in [1.54, 1.807) is 24.3 Å². The molecule has 1 atom stereocenters. The third kappa shape index (κ3) is 3.72. The quantitative estimate of drug-likeness (QED) is 0.752. The number of methoxy groups -OCH3 is 1. The zero-order valence-electron chi connectivity index (χ0n) is 13.7. The number of hydrogen-bond donors (Lipinski definition) is 0. The molecular weight excluding hydrogens is 398 g/mol. The summed E-state index contributed by atoms with van der Waals surface area (Å²) >= 11 is 5.85. The summed E-state index contributed by atoms with van der Waals surface area (Å²) in [5.74, 6) is 0.139. The van der Waals surface area contributed by atoms with Crippen LogP contribution in [0.15, 0.2) is 64.9 Å². The number of halogens is 1. The van der Waals surface area contributed by atoms with Crippen molar-refractivity contribution in [3.8, 4) is 5.75 Å². The van der Waals surface area contributed by atoms with Gasteiger partial charge in [0, 0.05) is 16.5 Å². The van der Waals surface area contributed by atoms with Gasteiger partial charge in [0.05, 0.1) is 29.5 Å². The van der Waals surface area contributed by atoms with Gasteiger partial charge >= 0.3 is 0 Å². The maximum absolute atomic E-state index is 13.3. The van der Waals surface area contributed by atoms with Crippen LogP contribution in [0.2, 0.25) is 5.02 Å². The Bertz CT molecular complexity index is 1050. The van der Waals surface area contributed by atoms with Crippen LogP contribution in [0.5, 0.6) is 5.75 Å². The van der Waals surface area contributed by atoms with Gasteiger partial charge in [-0.05, 0) is 42.5 Å². The molecule has 1 aliphatic rings. The summed E-state index contributed by atoms with van der Waals surface area (Å²) < 4.78 is 56.5. The minimum absolute atomic E-state index is 0.0161. The van der Waals surface area contributed by atoms with Crippen molar-refractivity contribution in [1.82, 2.24) is 0 Å². The number of sulfone groups is 1. The molecule has 1 unspecified atom stereocenters. The fourth-order valence-electron chi connectivity index (χ4n) is 2.68. The van der Waals surface area contributed by atoms with Crippen LogP contribution in [0.1, 0.15) is 0 Å². The lowest BCUT2D eigenvalue weighted by molar-refractivity contribution is 0.415. The maximum atomic E-state index is 13.3. The van der Waals surface area contributed by atoms with Crippen molar-refractivity contribution in [2.75, 3.05) is 17.2 Å². The Labute approximate surface area is 157 Å². The Kier molecular flexibility index (Phi) is 5.01. The second-order valence-electron chi connectivity index (χ2n) is 5.68. The predicted molar refractivity (Wildman–Crippen MR) is 101 cm³/mol. The lowest BCUT2D eigenvalue weighted by Crippen LogP contribution is -2.41. The van der Waals surface area contributed by atoms with Gasteiger partial charge in [0.1, 0.15) is 5.75 Å². The Morgan fingerprint density at radius 2 is 1.85 bits per heavy atom. The molecule has 0 fully saturated rings. The van der Waals surface area contributed by atoms with E-state index in [-0.39, 0.29) is 10.6 Å². The van der Waals surface area contributed by atoms with Crippen molar-refractivity contribution in [2.45, 2.75) is 10.9 Å². The number of anilines is 1. The van der Waals surface area contributed by atoms with Gasteiger partial charge in [0.2, 0.25) is 0 Å². The number of nitrogens with zero attached hydrogens (tertiary/aromatic N) is 1. The van der Waals surface area contributed by atoms with Crippen LogP contribution >= 0.6 is 11.6 Å². The van der Waals surface area contributed by atoms with Crippen LogP contribution in [-0.4, -0.2) is 35.7 Å². The normalized spacial score (nSPS) is 18.6. The molecule has 26 heavy (non-hydrogen) atoms. The molecule has 0 N–H and O–H groups in total. The number of sulfonamides is 1. The van der Waals surface area contributed by atoms with E-state index in [9.17, 15) is 16.8 Å². The number of benzene rings is 2. The summed E-state index contributed by atoms with van der Waals surface area (Å²) in [6.45, 7) is 0. The number of ether oxygens (including phenoxy) is 1. The van der Waals surface area contributed by atoms with E-state index in [0.29, 0.717) is 16.5 Å². The first-order chi connectivity index (χ1) is 12.2. The molecule has 0 amide bonds. The third-order valence-corrected chi connectivity index (χ3v) is 7.39. The summed E-state index contributed by atoms with van der Waals surface area (Å²) in [4.78, 5) is 0.0161. The highest BCUT2D eigenvalue weighted by Gasteiger charge is 2.36. The molecule has 3 rings (SSSR count). The fourth-order valence-corrected chi connectivity index (χ4v) is 5.77. The molecule has 0 aromatic heterocycles. The van der Waals surface area contributed by atoms with Crippen LogP contribution in [0, 0.1) is 0 Å². The topological polar surface area (TPSA) is 80.8 Å². The summed E-state index contributed by atoms with van der Waals surface area (Å²) in [6, 6.07) is 11.3. The highest BCUT2D eigenvalue weighted by molar-refractivity contribution is 7.95. The van der Waals surface area contributed by atoms with Crippen molar-refractivity contribution in [1.29, 1.82) is 0 Å². The van der Waals surface area contributed by atoms with Crippen molar-refractivity contribution in [3.05, 3.63) is 65.0 Å². The standard InChI is InChI=1S/C17H16ClNO5S2/c1-24-16-4-2-3-14(11-16)19(15-9-10-25(20,21)12-15)26(22,23)17-7-5-13(18)6-8-17/h2-11,15H,12H2,1H3. The van der Waals surface area contributed by atoms with Gasteiger partial charge in [-0.2, -0.15) is 0 Å². The Morgan fingerprint density at radius 1 is 1.15 bits per heavy atom. The lowest BCUT2D eigenvalue weighted by atomic mass is 10.2. The van der Waals surface area contributed by atoms with E-state index in [2.05, 4.69) is 0 Å². The van der Waals surface area contributed by atoms with Crippen LogP contribution in [-0.2, 0) is 19.9 Å². The lowest BCUT2D eigenvalue weighted by Gasteiger charge is -2.29. The van der Waals surface area contributed by atoms with Crippen molar-refractivity contribution >= 4 is 37.1 Å². The molecule has 1 aliphatic heterocycles. The molecule has 0 bridgehead atoms. The molecule has 2 aromatic carbocycles. The summed E-state index contributed by atoms with van der Waals surface area (Å²) in [5, 5.41) is 1.45. The molecule has 0 spiro atoms. The molecule has 6 nitrogen and oxygen atoms in total. The highest BCUT2D eigenvalue weighted by Crippen LogP contribution is 2.32. The van der Waals surface area contributed by atoms with E-state index >= 15 is 0 Å². The van der Waals surface area contributed by atoms with Crippen LogP contribution < -0.4 is 9.04 Å². The first-order valence-corrected chi connectivity index (χ1v) is 11.1. The molecule has 0 radical (unpaired) electrons. The maximum Gasteiger partial charge on any atom is 0.264 e. The second-order valence-corrected chi connectivity index (χ2v) is 9.86. The van der Waals surface area contributed by atoms with Crippen molar-refractivity contribution in [3.63, 3.8) is 0 Å². The fraction of sp³-hybridized carbons (Fsp3) is 0.176. The van der Waals surface area contributed by atoms with Crippen LogP contribution in [0.4, 0.5) is 5.69 Å². The van der Waals surface area contributed by atoms with Gasteiger partial charge < -0.3 is 4.74 Å². The second kappa shape index (κ2) is 6.94. The molecule has 0 saturated carbocycles. The Hall–Kier alpha value is -2.03. The van der Waals surface area contributed by atoms with Gasteiger partial charge in [-0.1, -0.05) is 17.7 Å². The zero-order chi connectivity index (χ0) is 18.9. The van der Waals surface area contributed by atoms with Gasteiger partial charge in [0.25, 0.3) is 10.0 Å². The highest BCUT2D eigenvalue weighted by atomic mass is 35.5. The SMILES string of the molecule is COc1cccc(N(C2C=CS(=O)(=O)C2)S(=O)(=O)c2ccc(Cl)cc2)c1. The van der Waals surface area contributed by atoms with E-state index in [4.69, 9.17) is 16.3 Å². The summed E-state index contributed by atoms with van der Waals surface area (Å²) in [6.07, 6.45) is 1.38. The Morgan fingerprint density at radius 3 is 2.42 bits per heavy atom. The predicted octanol–water partition coefficient (Wildman–Crippen LogP) is 2.85. The number of rotatable bonds is 5. The molecular formula is C17H16ClNO5S2. The molecule has 138 valence electrons. The smallest absolute Gasteiger partial charge is 0.264 e. The minimum atomic E-state index is -4.03. The van der Waals surface area contributed by atoms with E-state index < -0.39 is 25.9 Å². The van der Waals surface area contributed by atoms with E-state index in [1.807, 2.05) is 0 Å². The van der Waals surface area contributed by atoms with Gasteiger partial charge in [-0.15, -0.1) is 0 Å². The first kappa shape index (κ1) is 18.8. The monoisotopic (exact) mass is 413 g/mol. The number of hydrogen-bond acceptors (Lipinski definition) is 5. The van der Waals surface area contributed by atoms with E-state index in [0.717, 1.165) is 9.71 Å². The summed E-state index contributed by atoms with van der Waals surface area (Å²) in [7, 11) is -6.01. The van der Waals surface area contributed by atoms with Crippen molar-refractivity contribution < 1.29 is 21.6 Å². The van der Waals surface area contributed by atoms with Crippen LogP contribution in [0.25, 0.3) is 0 Å². The average Bonchev–Trinajstić information content (AvgIpc) is 2.94. The third-order valence-electron chi connectivity index (χ3n) is 3.89. The minimum Gasteiger partial charge on any atom is -0.497 e. The average molecular weight is 414 g/mol. The van der Waals surface area contributed by atoms with Gasteiger partial charge in [-0.25, -0.2) is 16.8 Å². The molecule has 9 heteroatoms. The van der Waals surface area contributed by atoms with Gasteiger partial charge in [0.15, 0.2) is 9.84 Å². The zero-order valence-corrected chi connectivity index (χ0v) is 16.1. The first-order valence-electron chi connectivity index (χ1n) is 7.58. The Balaban J connectivity index is 2.14. The molecule has 2 aromatic rings. The van der Waals surface area contributed by atoms with Crippen molar-refractivity contribution in [2.24, 2.45) is 0 Å². The molecule has 0 aliphatic carbocycles.